The number of hydrogen-bond donors (Lipinski definition) is 0. The van der Waals surface area contributed by atoms with Gasteiger partial charge < -0.3 is 0 Å². The first-order chi connectivity index (χ1) is 7.82. The molecular weight excluding hydrogens is 544 g/mol. The molecule has 0 N–H and O–H groups in total. The van der Waals surface area contributed by atoms with Crippen LogP contribution in [0.15, 0.2) is 37.1 Å². The minimum Gasteiger partial charge on any atom is -0.218 e. The fourth-order valence-electron chi connectivity index (χ4n) is 1.14. The molecule has 17 heavy (non-hydrogen) atoms. The number of halogens is 4. The summed E-state index contributed by atoms with van der Waals surface area (Å²) in [6.45, 7) is 0. The van der Waals surface area contributed by atoms with E-state index in [2.05, 4.69) is 63.7 Å². The van der Waals surface area contributed by atoms with Crippen molar-refractivity contribution in [3.05, 3.63) is 27.3 Å². The lowest BCUT2D eigenvalue weighted by molar-refractivity contribution is 0.596. The highest BCUT2D eigenvalue weighted by atomic mass is 79.9. The Balaban J connectivity index is 2.65. The van der Waals surface area contributed by atoms with Crippen LogP contribution in [0.2, 0.25) is 0 Å². The van der Waals surface area contributed by atoms with Crippen LogP contribution in [0.4, 0.5) is 0 Å². The van der Waals surface area contributed by atoms with Gasteiger partial charge in [-0.3, -0.25) is 0 Å². The second-order valence-corrected chi connectivity index (χ2v) is 12.3. The van der Waals surface area contributed by atoms with Gasteiger partial charge >= 0.3 is 0 Å². The van der Waals surface area contributed by atoms with Crippen LogP contribution in [0.5, 0.6) is 0 Å². The van der Waals surface area contributed by atoms with Gasteiger partial charge in [-0.2, -0.15) is 0 Å². The standard InChI is InChI=1S/C8H2Br4O2S3/c9-5-1-3(7(11)15-5)17(13,14)4-2-6(10)16-8(4)12/h1-2H. The highest BCUT2D eigenvalue weighted by molar-refractivity contribution is 9.12. The SMILES string of the molecule is O=S(=O)(c1cc(Br)sc1Br)c1cc(Br)sc1Br. The first-order valence-electron chi connectivity index (χ1n) is 3.97. The first kappa shape index (κ1) is 14.7. The van der Waals surface area contributed by atoms with E-state index in [1.165, 1.54) is 22.7 Å². The van der Waals surface area contributed by atoms with Crippen molar-refractivity contribution in [2.75, 3.05) is 0 Å². The average molecular weight is 546 g/mol. The number of hydrogen-bond acceptors (Lipinski definition) is 4. The van der Waals surface area contributed by atoms with Crippen molar-refractivity contribution in [1.29, 1.82) is 0 Å². The molecule has 2 aromatic rings. The lowest BCUT2D eigenvalue weighted by Crippen LogP contribution is -2.00. The van der Waals surface area contributed by atoms with E-state index in [0.717, 1.165) is 7.57 Å². The van der Waals surface area contributed by atoms with Gasteiger partial charge in [0.25, 0.3) is 0 Å². The third-order valence-electron chi connectivity index (χ3n) is 1.83. The molecule has 0 aliphatic rings. The third kappa shape index (κ3) is 2.90. The van der Waals surface area contributed by atoms with Crippen molar-refractivity contribution >= 4 is 96.2 Å². The van der Waals surface area contributed by atoms with Gasteiger partial charge in [0.15, 0.2) is 0 Å². The van der Waals surface area contributed by atoms with E-state index in [1.54, 1.807) is 12.1 Å². The van der Waals surface area contributed by atoms with Crippen LogP contribution in [-0.2, 0) is 9.84 Å². The highest BCUT2D eigenvalue weighted by Crippen LogP contribution is 2.42. The summed E-state index contributed by atoms with van der Waals surface area (Å²) in [6.07, 6.45) is 0. The largest absolute Gasteiger partial charge is 0.218 e. The molecule has 0 saturated carbocycles. The summed E-state index contributed by atoms with van der Waals surface area (Å²) < 4.78 is 27.6. The predicted molar refractivity (Wildman–Crippen MR) is 84.9 cm³/mol. The van der Waals surface area contributed by atoms with E-state index in [-0.39, 0.29) is 9.79 Å². The van der Waals surface area contributed by atoms with E-state index in [0.29, 0.717) is 7.57 Å². The zero-order chi connectivity index (χ0) is 12.8. The van der Waals surface area contributed by atoms with Gasteiger partial charge in [-0.25, -0.2) is 8.42 Å². The molecule has 0 saturated heterocycles. The number of thiophene rings is 2. The number of rotatable bonds is 2. The molecule has 0 aliphatic heterocycles. The summed E-state index contributed by atoms with van der Waals surface area (Å²) in [7, 11) is -3.49. The second-order valence-electron chi connectivity index (χ2n) is 2.88. The lowest BCUT2D eigenvalue weighted by Gasteiger charge is -2.00. The summed E-state index contributed by atoms with van der Waals surface area (Å²) in [6, 6.07) is 3.20. The quantitative estimate of drug-likeness (QED) is 0.486. The summed E-state index contributed by atoms with van der Waals surface area (Å²) in [5, 5.41) is 0. The Bertz CT molecular complexity index is 619. The van der Waals surface area contributed by atoms with Crippen LogP contribution < -0.4 is 0 Å². The Hall–Kier alpha value is 1.27. The molecule has 0 radical (unpaired) electrons. The van der Waals surface area contributed by atoms with Crippen LogP contribution in [0.3, 0.4) is 0 Å². The fraction of sp³-hybridized carbons (Fsp3) is 0. The molecule has 0 atom stereocenters. The van der Waals surface area contributed by atoms with Gasteiger partial charge in [-0.15, -0.1) is 22.7 Å². The van der Waals surface area contributed by atoms with Crippen LogP contribution in [0.25, 0.3) is 0 Å². The number of sulfone groups is 1. The molecule has 0 unspecified atom stereocenters. The molecule has 2 rings (SSSR count). The normalized spacial score (nSPS) is 12.0. The zero-order valence-electron chi connectivity index (χ0n) is 7.71. The summed E-state index contributed by atoms with van der Waals surface area (Å²) in [4.78, 5) is 0.556. The Morgan fingerprint density at radius 1 is 0.824 bits per heavy atom. The van der Waals surface area contributed by atoms with Crippen LogP contribution in [0, 0.1) is 0 Å². The van der Waals surface area contributed by atoms with E-state index in [9.17, 15) is 8.42 Å². The highest BCUT2D eigenvalue weighted by Gasteiger charge is 2.26. The van der Waals surface area contributed by atoms with E-state index in [1.807, 2.05) is 0 Å². The Morgan fingerprint density at radius 3 is 1.41 bits per heavy atom. The van der Waals surface area contributed by atoms with Gasteiger partial charge in [0.1, 0.15) is 0 Å². The maximum atomic E-state index is 12.4. The molecule has 0 aromatic carbocycles. The fourth-order valence-corrected chi connectivity index (χ4v) is 10.0. The first-order valence-corrected chi connectivity index (χ1v) is 10.3. The molecule has 0 aliphatic carbocycles. The molecular formula is C8H2Br4O2S3. The average Bonchev–Trinajstić information content (AvgIpc) is 2.70. The van der Waals surface area contributed by atoms with E-state index >= 15 is 0 Å². The van der Waals surface area contributed by atoms with Crippen molar-refractivity contribution in [1.82, 2.24) is 0 Å². The lowest BCUT2D eigenvalue weighted by atomic mass is 10.7. The maximum absolute atomic E-state index is 12.4. The van der Waals surface area contributed by atoms with Crippen molar-refractivity contribution in [2.45, 2.75) is 9.79 Å². The molecule has 0 fully saturated rings. The van der Waals surface area contributed by atoms with Crippen molar-refractivity contribution in [2.24, 2.45) is 0 Å². The topological polar surface area (TPSA) is 34.1 Å². The van der Waals surface area contributed by atoms with Gasteiger partial charge in [0.2, 0.25) is 9.84 Å². The molecule has 0 spiro atoms. The van der Waals surface area contributed by atoms with Crippen LogP contribution in [0.1, 0.15) is 0 Å². The Kier molecular flexibility index (Phi) is 4.61. The molecule has 2 heterocycles. The van der Waals surface area contributed by atoms with E-state index < -0.39 is 9.84 Å². The van der Waals surface area contributed by atoms with Crippen LogP contribution >= 0.6 is 86.4 Å². The predicted octanol–water partition coefficient (Wildman–Crippen LogP) is 5.69. The van der Waals surface area contributed by atoms with Crippen molar-refractivity contribution in [3.63, 3.8) is 0 Å². The zero-order valence-corrected chi connectivity index (χ0v) is 16.5. The monoisotopic (exact) mass is 542 g/mol. The third-order valence-corrected chi connectivity index (χ3v) is 9.09. The van der Waals surface area contributed by atoms with E-state index in [4.69, 9.17) is 0 Å². The second kappa shape index (κ2) is 5.34. The maximum Gasteiger partial charge on any atom is 0.210 e. The summed E-state index contributed by atoms with van der Waals surface area (Å²) >= 11 is 15.8. The molecule has 2 aromatic heterocycles. The molecule has 0 bridgehead atoms. The smallest absolute Gasteiger partial charge is 0.210 e. The van der Waals surface area contributed by atoms with Gasteiger partial charge in [-0.05, 0) is 75.9 Å². The minimum absolute atomic E-state index is 0.278. The summed E-state index contributed by atoms with van der Waals surface area (Å²) in [5.41, 5.74) is 0. The van der Waals surface area contributed by atoms with Gasteiger partial charge in [0.05, 0.1) is 24.9 Å². The summed E-state index contributed by atoms with van der Waals surface area (Å²) in [5.74, 6) is 0. The Labute approximate surface area is 140 Å². The van der Waals surface area contributed by atoms with Gasteiger partial charge in [-0.1, -0.05) is 0 Å². The Morgan fingerprint density at radius 2 is 1.18 bits per heavy atom. The molecule has 0 amide bonds. The molecule has 2 nitrogen and oxygen atoms in total. The van der Waals surface area contributed by atoms with Crippen molar-refractivity contribution in [3.8, 4) is 0 Å². The molecule has 9 heteroatoms. The minimum atomic E-state index is -3.49. The van der Waals surface area contributed by atoms with Crippen molar-refractivity contribution < 1.29 is 8.42 Å². The van der Waals surface area contributed by atoms with Crippen LogP contribution in [-0.4, -0.2) is 8.42 Å². The van der Waals surface area contributed by atoms with Gasteiger partial charge in [0, 0.05) is 0 Å². The molecule has 92 valence electrons.